The minimum Gasteiger partial charge on any atom is -0.257 e. The fourth-order valence-electron chi connectivity index (χ4n) is 3.90. The van der Waals surface area contributed by atoms with Gasteiger partial charge in [0, 0.05) is 5.71 Å². The average molecular weight is 263 g/mol. The van der Waals surface area contributed by atoms with Crippen LogP contribution in [0.1, 0.15) is 56.4 Å². The largest absolute Gasteiger partial charge is 0.257 e. The molecule has 102 valence electrons. The first-order valence-electron chi connectivity index (χ1n) is 8.00. The fourth-order valence-corrected chi connectivity index (χ4v) is 3.90. The third-order valence-corrected chi connectivity index (χ3v) is 4.87. The summed E-state index contributed by atoms with van der Waals surface area (Å²) in [4.78, 5) is 4.98. The van der Waals surface area contributed by atoms with Crippen LogP contribution in [0, 0.1) is 0 Å². The first kappa shape index (κ1) is 12.1. The molecule has 1 fully saturated rings. The summed E-state index contributed by atoms with van der Waals surface area (Å²) in [7, 11) is 0. The Bertz CT molecular complexity index is 626. The highest BCUT2D eigenvalue weighted by molar-refractivity contribution is 5.94. The van der Waals surface area contributed by atoms with Crippen LogP contribution in [0.4, 0.5) is 5.69 Å². The minimum atomic E-state index is 0.704. The molecule has 0 saturated heterocycles. The SMILES string of the molecule is c1ccc2cc3c(c-2cc1)C1CCCCCCC(=N3)C1. The van der Waals surface area contributed by atoms with Gasteiger partial charge in [0.25, 0.3) is 0 Å². The standard InChI is InChI=1S/C19H21N/c1-2-6-10-16-12-15(9-4-1)19-17-11-7-3-5-8-14(17)13-18(19)20-16/h3,5,7-8,11,13,15H,1-2,4,6,9-10,12H2. The summed E-state index contributed by atoms with van der Waals surface area (Å²) in [6.07, 6.45) is 9.23. The lowest BCUT2D eigenvalue weighted by atomic mass is 9.85. The van der Waals surface area contributed by atoms with E-state index in [1.54, 1.807) is 0 Å². The van der Waals surface area contributed by atoms with E-state index in [4.69, 9.17) is 4.99 Å². The molecular formula is C19H21N. The van der Waals surface area contributed by atoms with Crippen LogP contribution < -0.4 is 0 Å². The van der Waals surface area contributed by atoms with E-state index in [2.05, 4.69) is 36.4 Å². The summed E-state index contributed by atoms with van der Waals surface area (Å²) in [5.74, 6) is 0.704. The first-order chi connectivity index (χ1) is 9.92. The summed E-state index contributed by atoms with van der Waals surface area (Å²) in [5, 5.41) is 0. The van der Waals surface area contributed by atoms with Gasteiger partial charge in [0.15, 0.2) is 0 Å². The van der Waals surface area contributed by atoms with Gasteiger partial charge in [-0.15, -0.1) is 0 Å². The lowest BCUT2D eigenvalue weighted by Crippen LogP contribution is -2.10. The van der Waals surface area contributed by atoms with Crippen LogP contribution in [-0.2, 0) is 0 Å². The van der Waals surface area contributed by atoms with Gasteiger partial charge >= 0.3 is 0 Å². The van der Waals surface area contributed by atoms with Crippen molar-refractivity contribution in [1.29, 1.82) is 0 Å². The van der Waals surface area contributed by atoms with E-state index in [1.165, 1.54) is 73.0 Å². The molecule has 1 atom stereocenters. The molecule has 4 rings (SSSR count). The Hall–Kier alpha value is -1.63. The van der Waals surface area contributed by atoms with Crippen molar-refractivity contribution < 1.29 is 0 Å². The van der Waals surface area contributed by atoms with Gasteiger partial charge in [-0.3, -0.25) is 4.99 Å². The molecular weight excluding hydrogens is 242 g/mol. The molecule has 0 amide bonds. The zero-order valence-corrected chi connectivity index (χ0v) is 11.9. The molecule has 1 nitrogen and oxygen atoms in total. The van der Waals surface area contributed by atoms with Crippen molar-refractivity contribution in [2.24, 2.45) is 4.99 Å². The Morgan fingerprint density at radius 1 is 0.950 bits per heavy atom. The number of nitrogens with zero attached hydrogens (tertiary/aromatic N) is 1. The normalized spacial score (nSPS) is 22.4. The molecule has 20 heavy (non-hydrogen) atoms. The third kappa shape index (κ3) is 2.06. The van der Waals surface area contributed by atoms with Gasteiger partial charge < -0.3 is 0 Å². The Balaban J connectivity index is 1.87. The molecule has 0 aromatic heterocycles. The number of fused-ring (bicyclic) bond motifs is 6. The summed E-state index contributed by atoms with van der Waals surface area (Å²) in [6.45, 7) is 0. The number of rotatable bonds is 0. The van der Waals surface area contributed by atoms with Crippen molar-refractivity contribution in [3.05, 3.63) is 42.0 Å². The van der Waals surface area contributed by atoms with Crippen LogP contribution in [0.2, 0.25) is 0 Å². The first-order valence-corrected chi connectivity index (χ1v) is 8.00. The zero-order chi connectivity index (χ0) is 13.4. The summed E-state index contributed by atoms with van der Waals surface area (Å²) >= 11 is 0. The molecule has 0 spiro atoms. The van der Waals surface area contributed by atoms with Crippen LogP contribution in [0.15, 0.2) is 41.4 Å². The van der Waals surface area contributed by atoms with Crippen LogP contribution in [0.3, 0.4) is 0 Å². The maximum atomic E-state index is 4.98. The van der Waals surface area contributed by atoms with Crippen molar-refractivity contribution >= 4 is 11.4 Å². The van der Waals surface area contributed by atoms with Crippen molar-refractivity contribution in [2.45, 2.75) is 50.9 Å². The highest BCUT2D eigenvalue weighted by atomic mass is 14.8. The Morgan fingerprint density at radius 3 is 2.85 bits per heavy atom. The molecule has 1 heterocycles. The van der Waals surface area contributed by atoms with Gasteiger partial charge in [-0.25, -0.2) is 0 Å². The molecule has 0 N–H and O–H groups in total. The summed E-state index contributed by atoms with van der Waals surface area (Å²) < 4.78 is 0. The number of hydrogen-bond acceptors (Lipinski definition) is 1. The second kappa shape index (κ2) is 5.05. The molecule has 0 aromatic carbocycles. The van der Waals surface area contributed by atoms with Crippen LogP contribution >= 0.6 is 0 Å². The molecule has 1 heteroatoms. The van der Waals surface area contributed by atoms with Crippen molar-refractivity contribution in [1.82, 2.24) is 0 Å². The van der Waals surface area contributed by atoms with Gasteiger partial charge in [-0.1, -0.05) is 49.6 Å². The lowest BCUT2D eigenvalue weighted by Gasteiger charge is -2.23. The second-order valence-electron chi connectivity index (χ2n) is 6.25. The number of hydrogen-bond donors (Lipinski definition) is 0. The molecule has 2 bridgehead atoms. The fraction of sp³-hybridized carbons (Fsp3) is 0.421. The van der Waals surface area contributed by atoms with Gasteiger partial charge in [-0.05, 0) is 54.4 Å². The third-order valence-electron chi connectivity index (χ3n) is 4.87. The second-order valence-corrected chi connectivity index (χ2v) is 6.25. The van der Waals surface area contributed by atoms with Crippen molar-refractivity contribution in [2.75, 3.05) is 0 Å². The van der Waals surface area contributed by atoms with E-state index >= 15 is 0 Å². The monoisotopic (exact) mass is 263 g/mol. The smallest absolute Gasteiger partial charge is 0.0676 e. The summed E-state index contributed by atoms with van der Waals surface area (Å²) in [5.41, 5.74) is 7.02. The average Bonchev–Trinajstić information content (AvgIpc) is 2.69. The molecule has 3 aliphatic carbocycles. The van der Waals surface area contributed by atoms with Gasteiger partial charge in [0.05, 0.1) is 5.69 Å². The molecule has 1 saturated carbocycles. The van der Waals surface area contributed by atoms with E-state index in [0.29, 0.717) is 5.92 Å². The summed E-state index contributed by atoms with van der Waals surface area (Å²) in [6, 6.07) is 13.2. The van der Waals surface area contributed by atoms with Crippen LogP contribution in [-0.4, -0.2) is 5.71 Å². The number of aliphatic imine (C=N–C) groups is 1. The van der Waals surface area contributed by atoms with Crippen LogP contribution in [0.5, 0.6) is 0 Å². The van der Waals surface area contributed by atoms with E-state index in [9.17, 15) is 0 Å². The Morgan fingerprint density at radius 2 is 1.85 bits per heavy atom. The molecule has 0 radical (unpaired) electrons. The predicted molar refractivity (Wildman–Crippen MR) is 85.2 cm³/mol. The van der Waals surface area contributed by atoms with Gasteiger partial charge in [0.2, 0.25) is 0 Å². The van der Waals surface area contributed by atoms with Crippen molar-refractivity contribution in [3.63, 3.8) is 0 Å². The molecule has 1 aliphatic heterocycles. The Labute approximate surface area is 121 Å². The molecule has 0 aromatic rings. The van der Waals surface area contributed by atoms with E-state index in [-0.39, 0.29) is 0 Å². The Kier molecular flexibility index (Phi) is 3.06. The zero-order valence-electron chi connectivity index (χ0n) is 11.9. The minimum absolute atomic E-state index is 0.704. The van der Waals surface area contributed by atoms with E-state index in [1.807, 2.05) is 0 Å². The van der Waals surface area contributed by atoms with Crippen molar-refractivity contribution in [3.8, 4) is 11.1 Å². The molecule has 1 unspecified atom stereocenters. The topological polar surface area (TPSA) is 12.4 Å². The maximum absolute atomic E-state index is 4.98. The predicted octanol–water partition coefficient (Wildman–Crippen LogP) is 5.71. The van der Waals surface area contributed by atoms with Gasteiger partial charge in [-0.2, -0.15) is 0 Å². The quantitative estimate of drug-likeness (QED) is 0.577. The maximum Gasteiger partial charge on any atom is 0.0676 e. The highest BCUT2D eigenvalue weighted by Gasteiger charge is 2.28. The van der Waals surface area contributed by atoms with E-state index < -0.39 is 0 Å². The van der Waals surface area contributed by atoms with E-state index in [0.717, 1.165) is 0 Å². The molecule has 4 aliphatic rings. The van der Waals surface area contributed by atoms with Crippen LogP contribution in [0.25, 0.3) is 11.1 Å². The van der Waals surface area contributed by atoms with Gasteiger partial charge in [0.1, 0.15) is 0 Å². The highest BCUT2D eigenvalue weighted by Crippen LogP contribution is 2.47. The lowest BCUT2D eigenvalue weighted by molar-refractivity contribution is 0.576.